The van der Waals surface area contributed by atoms with E-state index in [2.05, 4.69) is 27.2 Å². The number of alkyl carbamates (subject to hydrolysis) is 1. The van der Waals surface area contributed by atoms with E-state index >= 15 is 0 Å². The zero-order chi connectivity index (χ0) is 42.0. The van der Waals surface area contributed by atoms with Gasteiger partial charge in [-0.1, -0.05) is 26.8 Å². The van der Waals surface area contributed by atoms with E-state index in [1.54, 1.807) is 64.5 Å². The number of nitrogens with one attached hydrogen (secondary N) is 2. The molecule has 2 aromatic heterocycles. The smallest absolute Gasteiger partial charge is 0.408 e. The van der Waals surface area contributed by atoms with Crippen LogP contribution in [0.1, 0.15) is 73.1 Å². The van der Waals surface area contributed by atoms with Gasteiger partial charge in [-0.3, -0.25) is 18.9 Å². The van der Waals surface area contributed by atoms with Crippen LogP contribution in [0.3, 0.4) is 0 Å². The standard InChI is InChI=1S/C40H51N6O10PS/c1-8-24-19-40(24,57(51,52)54-9-2)22-41-35(48)32-17-27(20-46(32)36(49)34(39(4,5)6)45-38(50)56-25-12-10-11-13-25)55-33-18-30(31-21-58-37(44-31)42-23(3)47)43-29-16-26(53-7)14-15-28(29)33/h8,14-16,18,21-22,24-25,27,32,34H,1,9-13,17,19-20H2,2-7H3,(H,45,50)(H,51,52)(H,42,44,47)/t24-,27-,32+,34-,40-/m1/s1. The van der Waals surface area contributed by atoms with Crippen molar-refractivity contribution in [2.75, 3.05) is 25.6 Å². The Kier molecular flexibility index (Phi) is 12.8. The number of allylic oxidation sites excluding steroid dienone is 1. The number of carbonyl (C=O) groups is 4. The number of amides is 4. The van der Waals surface area contributed by atoms with Crippen molar-refractivity contribution in [1.82, 2.24) is 20.2 Å². The van der Waals surface area contributed by atoms with Crippen molar-refractivity contribution in [3.63, 3.8) is 0 Å². The van der Waals surface area contributed by atoms with Gasteiger partial charge in [0.25, 0.3) is 5.91 Å². The Morgan fingerprint density at radius 1 is 1.16 bits per heavy atom. The molecule has 1 aromatic carbocycles. The number of nitrogens with zero attached hydrogens (tertiary/aromatic N) is 4. The maximum Gasteiger partial charge on any atom is 0.408 e. The van der Waals surface area contributed by atoms with Crippen LogP contribution in [0.15, 0.2) is 47.3 Å². The summed E-state index contributed by atoms with van der Waals surface area (Å²) in [5.41, 5.74) is 0.643. The van der Waals surface area contributed by atoms with E-state index in [1.807, 2.05) is 0 Å². The van der Waals surface area contributed by atoms with E-state index in [9.17, 15) is 28.6 Å². The van der Waals surface area contributed by atoms with Crippen LogP contribution < -0.4 is 20.1 Å². The molecule has 58 heavy (non-hydrogen) atoms. The number of methoxy groups -OCH3 is 1. The maximum atomic E-state index is 14.7. The molecule has 6 atom stereocenters. The summed E-state index contributed by atoms with van der Waals surface area (Å²) in [6, 6.07) is 4.74. The first-order valence-corrected chi connectivity index (χ1v) is 21.8. The molecule has 3 N–H and O–H groups in total. The molecule has 0 radical (unpaired) electrons. The molecule has 2 aliphatic carbocycles. The molecule has 0 spiro atoms. The Morgan fingerprint density at radius 2 is 1.90 bits per heavy atom. The van der Waals surface area contributed by atoms with Gasteiger partial charge in [-0.2, -0.15) is 0 Å². The third kappa shape index (κ3) is 9.27. The fraction of sp³-hybridized carbons (Fsp3) is 0.525. The molecule has 2 saturated carbocycles. The zero-order valence-corrected chi connectivity index (χ0v) is 35.3. The fourth-order valence-electron chi connectivity index (χ4n) is 7.48. The van der Waals surface area contributed by atoms with E-state index < -0.39 is 60.2 Å². The van der Waals surface area contributed by atoms with Crippen LogP contribution in [-0.4, -0.2) is 99.5 Å². The Labute approximate surface area is 341 Å². The number of carbonyl (C=O) groups excluding carboxylic acids is 4. The number of hydrogen-bond donors (Lipinski definition) is 3. The molecule has 6 rings (SSSR count). The largest absolute Gasteiger partial charge is 0.497 e. The normalized spacial score (nSPS) is 23.6. The van der Waals surface area contributed by atoms with E-state index in [4.69, 9.17) is 23.7 Å². The molecule has 1 aliphatic heterocycles. The van der Waals surface area contributed by atoms with E-state index in [0.29, 0.717) is 38.9 Å². The highest BCUT2D eigenvalue weighted by Crippen LogP contribution is 2.70. The lowest BCUT2D eigenvalue weighted by Gasteiger charge is -2.35. The third-order valence-corrected chi connectivity index (χ3v) is 13.7. The van der Waals surface area contributed by atoms with Gasteiger partial charge in [0.15, 0.2) is 5.13 Å². The van der Waals surface area contributed by atoms with Crippen molar-refractivity contribution >= 4 is 65.0 Å². The highest BCUT2D eigenvalue weighted by molar-refractivity contribution is 7.56. The van der Waals surface area contributed by atoms with Crippen LogP contribution in [0.4, 0.5) is 9.93 Å². The summed E-state index contributed by atoms with van der Waals surface area (Å²) >= 11 is 1.24. The minimum absolute atomic E-state index is 0.00408. The summed E-state index contributed by atoms with van der Waals surface area (Å²) in [5.74, 6) is -1.04. The third-order valence-electron chi connectivity index (χ3n) is 10.7. The first-order chi connectivity index (χ1) is 27.5. The number of aromatic nitrogens is 2. The number of benzene rings is 1. The average molecular weight is 839 g/mol. The van der Waals surface area contributed by atoms with Crippen molar-refractivity contribution in [3.8, 4) is 22.9 Å². The summed E-state index contributed by atoms with van der Waals surface area (Å²) in [4.78, 5) is 79.4. The molecular formula is C40H51N6O10PS. The molecule has 0 bridgehead atoms. The van der Waals surface area contributed by atoms with Crippen LogP contribution in [-0.2, 0) is 28.2 Å². The SMILES string of the molecule is C=C[C@@H]1C[C@]1(C=NC(=O)[C@@H]1C[C@@H](Oc2cc(-c3csc(NC(C)=O)n3)nc3cc(OC)ccc23)CN1C(=O)[C@@H](NC(=O)OC1CCCC1)C(C)(C)C)P(=O)(O)OCC. The van der Waals surface area contributed by atoms with Gasteiger partial charge in [-0.05, 0) is 56.6 Å². The molecule has 16 nitrogen and oxygen atoms in total. The Bertz CT molecular complexity index is 2150. The van der Waals surface area contributed by atoms with Crippen molar-refractivity contribution < 1.29 is 47.4 Å². The molecule has 1 saturated heterocycles. The van der Waals surface area contributed by atoms with Gasteiger partial charge in [0.1, 0.15) is 46.6 Å². The Hall–Kier alpha value is -4.70. The van der Waals surface area contributed by atoms with Crippen LogP contribution in [0.5, 0.6) is 11.5 Å². The minimum Gasteiger partial charge on any atom is -0.497 e. The van der Waals surface area contributed by atoms with Gasteiger partial charge in [0, 0.05) is 48.4 Å². The molecular weight excluding hydrogens is 788 g/mol. The number of aliphatic imine (C=N–C) groups is 1. The number of pyridine rings is 1. The number of likely N-dealkylation sites (tertiary alicyclic amines) is 1. The van der Waals surface area contributed by atoms with Gasteiger partial charge in [-0.25, -0.2) is 19.8 Å². The van der Waals surface area contributed by atoms with Gasteiger partial charge in [0.2, 0.25) is 11.8 Å². The molecule has 3 aromatic rings. The second-order valence-electron chi connectivity index (χ2n) is 15.9. The van der Waals surface area contributed by atoms with Crippen LogP contribution >= 0.6 is 18.9 Å². The summed E-state index contributed by atoms with van der Waals surface area (Å²) in [6.45, 7) is 12.1. The number of ether oxygens (including phenoxy) is 3. The van der Waals surface area contributed by atoms with E-state index in [-0.39, 0.29) is 38.0 Å². The second kappa shape index (κ2) is 17.3. The number of rotatable bonds is 14. The number of hydrogen-bond acceptors (Lipinski definition) is 12. The van der Waals surface area contributed by atoms with Crippen LogP contribution in [0, 0.1) is 11.3 Å². The lowest BCUT2D eigenvalue weighted by Crippen LogP contribution is -2.57. The van der Waals surface area contributed by atoms with Crippen molar-refractivity contribution in [1.29, 1.82) is 0 Å². The predicted molar refractivity (Wildman–Crippen MR) is 219 cm³/mol. The molecule has 3 fully saturated rings. The Balaban J connectivity index is 1.34. The first-order valence-electron chi connectivity index (χ1n) is 19.3. The summed E-state index contributed by atoms with van der Waals surface area (Å²) in [6.07, 6.45) is 4.61. The fourth-order valence-corrected chi connectivity index (χ4v) is 9.98. The summed E-state index contributed by atoms with van der Waals surface area (Å²) in [5, 5.41) is 6.81. The zero-order valence-electron chi connectivity index (χ0n) is 33.6. The second-order valence-corrected chi connectivity index (χ2v) is 18.9. The van der Waals surface area contributed by atoms with Crippen LogP contribution in [0.25, 0.3) is 22.3 Å². The summed E-state index contributed by atoms with van der Waals surface area (Å²) in [7, 11) is -2.71. The highest BCUT2D eigenvalue weighted by atomic mass is 32.1. The lowest BCUT2D eigenvalue weighted by atomic mass is 9.85. The first kappa shape index (κ1) is 42.9. The molecule has 3 aliphatic rings. The topological polar surface area (TPSA) is 208 Å². The quantitative estimate of drug-likeness (QED) is 0.0901. The maximum absolute atomic E-state index is 14.7. The Morgan fingerprint density at radius 3 is 2.53 bits per heavy atom. The van der Waals surface area contributed by atoms with Crippen molar-refractivity contribution in [3.05, 3.63) is 42.3 Å². The van der Waals surface area contributed by atoms with E-state index in [1.165, 1.54) is 35.5 Å². The summed E-state index contributed by atoms with van der Waals surface area (Å²) < 4.78 is 36.3. The molecule has 3 heterocycles. The van der Waals surface area contributed by atoms with Crippen molar-refractivity contribution in [2.45, 2.75) is 103 Å². The lowest BCUT2D eigenvalue weighted by molar-refractivity contribution is -0.141. The average Bonchev–Trinajstić information content (AvgIpc) is 3.54. The van der Waals surface area contributed by atoms with Gasteiger partial charge < -0.3 is 39.2 Å². The number of thiazole rings is 1. The van der Waals surface area contributed by atoms with Gasteiger partial charge in [0.05, 0.1) is 31.5 Å². The number of anilines is 1. The van der Waals surface area contributed by atoms with Crippen LogP contribution in [0.2, 0.25) is 0 Å². The van der Waals surface area contributed by atoms with Crippen molar-refractivity contribution in [2.24, 2.45) is 16.3 Å². The van der Waals surface area contributed by atoms with E-state index in [0.717, 1.165) is 25.7 Å². The van der Waals surface area contributed by atoms with Gasteiger partial charge in [-0.15, -0.1) is 17.9 Å². The molecule has 18 heteroatoms. The monoisotopic (exact) mass is 838 g/mol. The molecule has 4 amide bonds. The minimum atomic E-state index is -4.25. The predicted octanol–water partition coefficient (Wildman–Crippen LogP) is 6.52. The molecule has 312 valence electrons. The number of fused-ring (bicyclic) bond motifs is 1. The van der Waals surface area contributed by atoms with Gasteiger partial charge >= 0.3 is 13.7 Å². The molecule has 1 unspecified atom stereocenters. The highest BCUT2D eigenvalue weighted by Gasteiger charge is 2.65.